The number of amides is 1. The molecule has 2 atom stereocenters. The van der Waals surface area contributed by atoms with Crippen LogP contribution in [-0.4, -0.2) is 49.5 Å². The van der Waals surface area contributed by atoms with E-state index in [1.165, 1.54) is 0 Å². The molecule has 1 N–H and O–H groups in total. The number of likely N-dealkylation sites (tertiary alicyclic amines) is 1. The highest BCUT2D eigenvalue weighted by Crippen LogP contribution is 2.25. The number of carboxylic acids is 1. The third-order valence-electron chi connectivity index (χ3n) is 4.34. The smallest absolute Gasteiger partial charge is 0.308 e. The molecule has 1 fully saturated rings. The van der Waals surface area contributed by atoms with E-state index in [1.54, 1.807) is 22.7 Å². The first-order chi connectivity index (χ1) is 11.0. The van der Waals surface area contributed by atoms with Gasteiger partial charge in [-0.15, -0.1) is 5.10 Å². The van der Waals surface area contributed by atoms with Crippen LogP contribution in [0.15, 0.2) is 30.5 Å². The maximum Gasteiger partial charge on any atom is 0.308 e. The van der Waals surface area contributed by atoms with Crippen molar-refractivity contribution in [3.8, 4) is 5.69 Å². The Balaban J connectivity index is 1.79. The molecule has 0 saturated carbocycles. The van der Waals surface area contributed by atoms with Crippen molar-refractivity contribution in [1.82, 2.24) is 19.9 Å². The molecule has 1 aromatic carbocycles. The van der Waals surface area contributed by atoms with Gasteiger partial charge in [0.1, 0.15) is 0 Å². The van der Waals surface area contributed by atoms with E-state index in [1.807, 2.05) is 31.2 Å². The molecule has 2 heterocycles. The average molecular weight is 314 g/mol. The summed E-state index contributed by atoms with van der Waals surface area (Å²) in [6.45, 7) is 4.18. The van der Waals surface area contributed by atoms with Gasteiger partial charge in [0, 0.05) is 12.6 Å². The van der Waals surface area contributed by atoms with Gasteiger partial charge < -0.3 is 10.0 Å². The van der Waals surface area contributed by atoms with Gasteiger partial charge in [-0.2, -0.15) is 0 Å². The van der Waals surface area contributed by atoms with Crippen LogP contribution in [0.1, 0.15) is 29.4 Å². The first-order valence-electron chi connectivity index (χ1n) is 7.50. The minimum atomic E-state index is -0.865. The number of aliphatic carboxylic acids is 1. The van der Waals surface area contributed by atoms with Gasteiger partial charge in [0.15, 0.2) is 5.69 Å². The highest BCUT2D eigenvalue weighted by atomic mass is 16.4. The van der Waals surface area contributed by atoms with E-state index in [0.29, 0.717) is 13.0 Å². The van der Waals surface area contributed by atoms with Crippen molar-refractivity contribution in [3.05, 3.63) is 41.7 Å². The van der Waals surface area contributed by atoms with E-state index >= 15 is 0 Å². The second-order valence-electron chi connectivity index (χ2n) is 5.86. The van der Waals surface area contributed by atoms with E-state index in [-0.39, 0.29) is 17.6 Å². The molecule has 1 amide bonds. The van der Waals surface area contributed by atoms with Crippen LogP contribution in [0.4, 0.5) is 0 Å². The molecule has 0 radical (unpaired) electrons. The van der Waals surface area contributed by atoms with Gasteiger partial charge >= 0.3 is 5.97 Å². The molecule has 7 nitrogen and oxygen atoms in total. The highest BCUT2D eigenvalue weighted by Gasteiger charge is 2.39. The Bertz CT molecular complexity index is 738. The summed E-state index contributed by atoms with van der Waals surface area (Å²) in [4.78, 5) is 25.3. The summed E-state index contributed by atoms with van der Waals surface area (Å²) < 4.78 is 1.54. The molecule has 1 aliphatic heterocycles. The number of hydrogen-bond acceptors (Lipinski definition) is 4. The Morgan fingerprint density at radius 3 is 2.57 bits per heavy atom. The van der Waals surface area contributed by atoms with Crippen molar-refractivity contribution in [2.45, 2.75) is 26.3 Å². The van der Waals surface area contributed by atoms with Crippen LogP contribution in [0.5, 0.6) is 0 Å². The molecule has 3 rings (SSSR count). The summed E-state index contributed by atoms with van der Waals surface area (Å²) in [6, 6.07) is 7.37. The Hall–Kier alpha value is -2.70. The Morgan fingerprint density at radius 1 is 1.26 bits per heavy atom. The molecular formula is C16H18N4O3. The molecule has 1 aromatic heterocycles. The van der Waals surface area contributed by atoms with E-state index in [9.17, 15) is 9.59 Å². The quantitative estimate of drug-likeness (QED) is 0.927. The molecule has 1 saturated heterocycles. The first-order valence-corrected chi connectivity index (χ1v) is 7.50. The van der Waals surface area contributed by atoms with Crippen LogP contribution in [0, 0.1) is 12.8 Å². The number of nitrogens with zero attached hydrogens (tertiary/aromatic N) is 4. The number of aromatic nitrogens is 3. The second-order valence-corrected chi connectivity index (χ2v) is 5.86. The van der Waals surface area contributed by atoms with Crippen molar-refractivity contribution >= 4 is 11.9 Å². The number of carbonyl (C=O) groups excluding carboxylic acids is 1. The number of aryl methyl sites for hydroxylation is 1. The van der Waals surface area contributed by atoms with Crippen molar-refractivity contribution < 1.29 is 14.7 Å². The van der Waals surface area contributed by atoms with Gasteiger partial charge in [-0.3, -0.25) is 9.59 Å². The van der Waals surface area contributed by atoms with Crippen molar-refractivity contribution in [3.63, 3.8) is 0 Å². The van der Waals surface area contributed by atoms with Crippen molar-refractivity contribution in [2.24, 2.45) is 5.92 Å². The minimum Gasteiger partial charge on any atom is -0.481 e. The summed E-state index contributed by atoms with van der Waals surface area (Å²) in [5.74, 6) is -1.66. The maximum absolute atomic E-state index is 12.5. The molecule has 0 bridgehead atoms. The SMILES string of the molecule is Cc1ccc(-n2cc(C(=O)N3CCC(C(=O)O)C3C)nn2)cc1. The predicted molar refractivity (Wildman–Crippen MR) is 82.3 cm³/mol. The number of carbonyl (C=O) groups is 2. The molecule has 23 heavy (non-hydrogen) atoms. The summed E-state index contributed by atoms with van der Waals surface area (Å²) in [6.07, 6.45) is 2.04. The average Bonchev–Trinajstić information content (AvgIpc) is 3.14. The van der Waals surface area contributed by atoms with Crippen LogP contribution < -0.4 is 0 Å². The number of carboxylic acid groups (broad SMARTS) is 1. The van der Waals surface area contributed by atoms with E-state index < -0.39 is 11.9 Å². The fourth-order valence-corrected chi connectivity index (χ4v) is 2.89. The molecule has 120 valence electrons. The van der Waals surface area contributed by atoms with Gasteiger partial charge in [-0.1, -0.05) is 22.9 Å². The number of hydrogen-bond donors (Lipinski definition) is 1. The minimum absolute atomic E-state index is 0.225. The molecule has 0 aliphatic carbocycles. The summed E-state index contributed by atoms with van der Waals surface area (Å²) in [5, 5.41) is 17.1. The monoisotopic (exact) mass is 314 g/mol. The van der Waals surface area contributed by atoms with Crippen LogP contribution >= 0.6 is 0 Å². The van der Waals surface area contributed by atoms with E-state index in [0.717, 1.165) is 11.3 Å². The second kappa shape index (κ2) is 5.83. The largest absolute Gasteiger partial charge is 0.481 e. The Morgan fingerprint density at radius 2 is 1.96 bits per heavy atom. The topological polar surface area (TPSA) is 88.3 Å². The van der Waals surface area contributed by atoms with E-state index in [2.05, 4.69) is 10.3 Å². The lowest BCUT2D eigenvalue weighted by Crippen LogP contribution is -2.37. The van der Waals surface area contributed by atoms with Crippen LogP contribution in [0.3, 0.4) is 0 Å². The zero-order valence-electron chi connectivity index (χ0n) is 13.0. The molecular weight excluding hydrogens is 296 g/mol. The lowest BCUT2D eigenvalue weighted by atomic mass is 10.0. The van der Waals surface area contributed by atoms with Gasteiger partial charge in [-0.05, 0) is 32.4 Å². The zero-order valence-corrected chi connectivity index (χ0v) is 13.0. The normalized spacial score (nSPS) is 20.7. The van der Waals surface area contributed by atoms with Crippen LogP contribution in [-0.2, 0) is 4.79 Å². The molecule has 2 aromatic rings. The van der Waals surface area contributed by atoms with Crippen molar-refractivity contribution in [1.29, 1.82) is 0 Å². The highest BCUT2D eigenvalue weighted by molar-refractivity contribution is 5.93. The third-order valence-corrected chi connectivity index (χ3v) is 4.34. The summed E-state index contributed by atoms with van der Waals surface area (Å²) >= 11 is 0. The van der Waals surface area contributed by atoms with Gasteiger partial charge in [0.2, 0.25) is 0 Å². The van der Waals surface area contributed by atoms with Crippen LogP contribution in [0.2, 0.25) is 0 Å². The Kier molecular flexibility index (Phi) is 3.85. The first kappa shape index (κ1) is 15.2. The van der Waals surface area contributed by atoms with Crippen LogP contribution in [0.25, 0.3) is 5.69 Å². The third kappa shape index (κ3) is 2.81. The molecule has 7 heteroatoms. The van der Waals surface area contributed by atoms with Gasteiger partial charge in [0.05, 0.1) is 17.8 Å². The predicted octanol–water partition coefficient (Wildman–Crippen LogP) is 1.51. The number of benzene rings is 1. The zero-order chi connectivity index (χ0) is 16.6. The molecule has 1 aliphatic rings. The fraction of sp³-hybridized carbons (Fsp3) is 0.375. The molecule has 2 unspecified atom stereocenters. The lowest BCUT2D eigenvalue weighted by Gasteiger charge is -2.21. The number of rotatable bonds is 3. The van der Waals surface area contributed by atoms with Gasteiger partial charge in [-0.25, -0.2) is 4.68 Å². The summed E-state index contributed by atoms with van der Waals surface area (Å²) in [5.41, 5.74) is 2.18. The van der Waals surface area contributed by atoms with E-state index in [4.69, 9.17) is 5.11 Å². The fourth-order valence-electron chi connectivity index (χ4n) is 2.89. The summed E-state index contributed by atoms with van der Waals surface area (Å²) in [7, 11) is 0. The molecule has 0 spiro atoms. The maximum atomic E-state index is 12.5. The lowest BCUT2D eigenvalue weighted by molar-refractivity contribution is -0.142. The van der Waals surface area contributed by atoms with Gasteiger partial charge in [0.25, 0.3) is 5.91 Å². The Labute approximate surface area is 133 Å². The van der Waals surface area contributed by atoms with Crippen molar-refractivity contribution in [2.75, 3.05) is 6.54 Å². The standard InChI is InChI=1S/C16H18N4O3/c1-10-3-5-12(6-4-10)20-9-14(17-18-20)15(21)19-8-7-13(11(19)2)16(22)23/h3-6,9,11,13H,7-8H2,1-2H3,(H,22,23).